The second-order valence-corrected chi connectivity index (χ2v) is 5.16. The van der Waals surface area contributed by atoms with E-state index in [9.17, 15) is 0 Å². The van der Waals surface area contributed by atoms with Crippen molar-refractivity contribution >= 4 is 28.3 Å². The fourth-order valence-corrected chi connectivity index (χ4v) is 1.89. The number of hydrogen-bond donors (Lipinski definition) is 1. The minimum atomic E-state index is 0. The van der Waals surface area contributed by atoms with Gasteiger partial charge in [-0.1, -0.05) is 27.2 Å². The second kappa shape index (κ2) is 8.24. The van der Waals surface area contributed by atoms with Crippen LogP contribution < -0.4 is 10.1 Å². The highest BCUT2D eigenvalue weighted by molar-refractivity contribution is 9.10. The number of rotatable bonds is 6. The van der Waals surface area contributed by atoms with Gasteiger partial charge in [0.05, 0.1) is 0 Å². The monoisotopic (exact) mass is 361 g/mol. The van der Waals surface area contributed by atoms with Gasteiger partial charge in [-0.3, -0.25) is 0 Å². The number of halogens is 2. The van der Waals surface area contributed by atoms with Crippen molar-refractivity contribution in [2.75, 3.05) is 7.05 Å². The molecule has 1 aromatic heterocycles. The number of hydrogen-bond acceptors (Lipinski definition) is 5. The van der Waals surface area contributed by atoms with Crippen LogP contribution in [0.5, 0.6) is 5.75 Å². The molecule has 110 valence electrons. The van der Waals surface area contributed by atoms with Crippen LogP contribution in [0.3, 0.4) is 0 Å². The van der Waals surface area contributed by atoms with E-state index in [-0.39, 0.29) is 19.0 Å². The Bertz CT molecular complexity index is 536. The van der Waals surface area contributed by atoms with E-state index < -0.39 is 0 Å². The van der Waals surface area contributed by atoms with Crippen LogP contribution in [0.2, 0.25) is 0 Å². The Morgan fingerprint density at radius 2 is 2.25 bits per heavy atom. The smallest absolute Gasteiger partial charge is 0.264 e. The Hall–Kier alpha value is -1.11. The molecule has 1 heterocycles. The van der Waals surface area contributed by atoms with Gasteiger partial charge >= 0.3 is 0 Å². The molecule has 1 atom stereocenters. The van der Waals surface area contributed by atoms with E-state index >= 15 is 0 Å². The molecule has 0 bridgehead atoms. The lowest BCUT2D eigenvalue weighted by Gasteiger charge is -2.05. The zero-order valence-corrected chi connectivity index (χ0v) is 13.7. The fourth-order valence-electron chi connectivity index (χ4n) is 1.51. The molecule has 0 spiro atoms. The standard InChI is InChI=1S/C13H16BrN3O2.ClH/c1-9(15-2)6-12-16-13(19-17-12)8-18-11-5-3-4-10(14)7-11;/h3-5,7,9,15H,6,8H2,1-2H3;1H. The van der Waals surface area contributed by atoms with E-state index in [1.165, 1.54) is 0 Å². The average Bonchev–Trinajstić information content (AvgIpc) is 2.84. The van der Waals surface area contributed by atoms with Crippen molar-refractivity contribution in [2.45, 2.75) is 26.0 Å². The van der Waals surface area contributed by atoms with Gasteiger partial charge in [0.15, 0.2) is 12.4 Å². The summed E-state index contributed by atoms with van der Waals surface area (Å²) < 4.78 is 11.7. The molecule has 5 nitrogen and oxygen atoms in total. The maximum absolute atomic E-state index is 5.58. The summed E-state index contributed by atoms with van der Waals surface area (Å²) in [6.07, 6.45) is 0.733. The number of nitrogens with zero attached hydrogens (tertiary/aromatic N) is 2. The zero-order valence-electron chi connectivity index (χ0n) is 11.3. The third kappa shape index (κ3) is 5.11. The van der Waals surface area contributed by atoms with Crippen LogP contribution in [0.25, 0.3) is 0 Å². The van der Waals surface area contributed by atoms with Crippen LogP contribution in [-0.2, 0) is 13.0 Å². The maximum atomic E-state index is 5.58. The number of ether oxygens (including phenoxy) is 1. The fraction of sp³-hybridized carbons (Fsp3) is 0.385. The van der Waals surface area contributed by atoms with Gasteiger partial charge in [-0.05, 0) is 32.2 Å². The summed E-state index contributed by atoms with van der Waals surface area (Å²) in [6, 6.07) is 7.94. The van der Waals surface area contributed by atoms with Crippen LogP contribution in [0, 0.1) is 0 Å². The first-order valence-corrected chi connectivity index (χ1v) is 6.84. The highest BCUT2D eigenvalue weighted by atomic mass is 79.9. The number of nitrogens with one attached hydrogen (secondary N) is 1. The number of aromatic nitrogens is 2. The molecule has 1 N–H and O–H groups in total. The summed E-state index contributed by atoms with van der Waals surface area (Å²) in [4.78, 5) is 4.28. The Labute approximate surface area is 132 Å². The van der Waals surface area contributed by atoms with Crippen LogP contribution in [0.1, 0.15) is 18.6 Å². The predicted octanol–water partition coefficient (Wildman–Crippen LogP) is 2.98. The van der Waals surface area contributed by atoms with Crippen molar-refractivity contribution in [3.05, 3.63) is 40.5 Å². The topological polar surface area (TPSA) is 60.2 Å². The minimum Gasteiger partial charge on any atom is -0.484 e. The van der Waals surface area contributed by atoms with Crippen LogP contribution in [0.15, 0.2) is 33.3 Å². The van der Waals surface area contributed by atoms with Gasteiger partial charge < -0.3 is 14.6 Å². The van der Waals surface area contributed by atoms with Gasteiger partial charge in [0.1, 0.15) is 5.75 Å². The van der Waals surface area contributed by atoms with Gasteiger partial charge in [0, 0.05) is 16.9 Å². The molecular formula is C13H17BrClN3O2. The number of likely N-dealkylation sites (N-methyl/N-ethyl adjacent to an activating group) is 1. The molecule has 1 aromatic carbocycles. The van der Waals surface area contributed by atoms with Crippen molar-refractivity contribution in [1.29, 1.82) is 0 Å². The first kappa shape index (κ1) is 16.9. The Kier molecular flexibility index (Phi) is 6.98. The molecule has 2 rings (SSSR count). The van der Waals surface area contributed by atoms with Crippen molar-refractivity contribution < 1.29 is 9.26 Å². The summed E-state index contributed by atoms with van der Waals surface area (Å²) in [5.74, 6) is 1.94. The Balaban J connectivity index is 0.00000200. The van der Waals surface area contributed by atoms with E-state index in [2.05, 4.69) is 38.3 Å². The molecule has 1 unspecified atom stereocenters. The van der Waals surface area contributed by atoms with Crippen LogP contribution in [-0.4, -0.2) is 23.2 Å². The lowest BCUT2D eigenvalue weighted by Crippen LogP contribution is -2.24. The quantitative estimate of drug-likeness (QED) is 0.856. The predicted molar refractivity (Wildman–Crippen MR) is 82.2 cm³/mol. The van der Waals surface area contributed by atoms with E-state index in [0.29, 0.717) is 17.8 Å². The summed E-state index contributed by atoms with van der Waals surface area (Å²) in [7, 11) is 1.90. The van der Waals surface area contributed by atoms with Crippen molar-refractivity contribution in [3.8, 4) is 5.75 Å². The van der Waals surface area contributed by atoms with E-state index in [4.69, 9.17) is 9.26 Å². The molecule has 0 saturated carbocycles. The van der Waals surface area contributed by atoms with Crippen molar-refractivity contribution in [3.63, 3.8) is 0 Å². The summed E-state index contributed by atoms with van der Waals surface area (Å²) >= 11 is 3.39. The van der Waals surface area contributed by atoms with Crippen LogP contribution >= 0.6 is 28.3 Å². The molecule has 20 heavy (non-hydrogen) atoms. The SMILES string of the molecule is CNC(C)Cc1noc(COc2cccc(Br)c2)n1.Cl. The third-order valence-electron chi connectivity index (χ3n) is 2.65. The van der Waals surface area contributed by atoms with Crippen molar-refractivity contribution in [1.82, 2.24) is 15.5 Å². The normalized spacial score (nSPS) is 11.8. The third-order valence-corrected chi connectivity index (χ3v) is 3.14. The van der Waals surface area contributed by atoms with Gasteiger partial charge in [0.25, 0.3) is 5.89 Å². The van der Waals surface area contributed by atoms with Gasteiger partial charge in [-0.2, -0.15) is 4.98 Å². The molecule has 0 fully saturated rings. The second-order valence-electron chi connectivity index (χ2n) is 4.24. The summed E-state index contributed by atoms with van der Waals surface area (Å²) in [6.45, 7) is 2.34. The largest absolute Gasteiger partial charge is 0.484 e. The first-order valence-electron chi connectivity index (χ1n) is 6.04. The zero-order chi connectivity index (χ0) is 13.7. The highest BCUT2D eigenvalue weighted by Crippen LogP contribution is 2.18. The average molecular weight is 363 g/mol. The molecule has 0 saturated heterocycles. The Morgan fingerprint density at radius 1 is 1.45 bits per heavy atom. The molecule has 0 aliphatic rings. The molecule has 0 radical (unpaired) electrons. The number of benzene rings is 1. The molecule has 0 aliphatic carbocycles. The van der Waals surface area contributed by atoms with E-state index in [1.54, 1.807) is 0 Å². The van der Waals surface area contributed by atoms with Gasteiger partial charge in [-0.25, -0.2) is 0 Å². The van der Waals surface area contributed by atoms with E-state index in [0.717, 1.165) is 16.6 Å². The maximum Gasteiger partial charge on any atom is 0.264 e. The van der Waals surface area contributed by atoms with E-state index in [1.807, 2.05) is 31.3 Å². The molecule has 7 heteroatoms. The van der Waals surface area contributed by atoms with Crippen molar-refractivity contribution in [2.24, 2.45) is 0 Å². The van der Waals surface area contributed by atoms with Crippen LogP contribution in [0.4, 0.5) is 0 Å². The summed E-state index contributed by atoms with van der Waals surface area (Å²) in [5, 5.41) is 7.05. The lowest BCUT2D eigenvalue weighted by atomic mass is 10.2. The first-order chi connectivity index (χ1) is 9.17. The van der Waals surface area contributed by atoms with Gasteiger partial charge in [-0.15, -0.1) is 12.4 Å². The molecule has 0 aliphatic heterocycles. The summed E-state index contributed by atoms with van der Waals surface area (Å²) in [5.41, 5.74) is 0. The molecular weight excluding hydrogens is 346 g/mol. The molecule has 2 aromatic rings. The minimum absolute atomic E-state index is 0. The lowest BCUT2D eigenvalue weighted by molar-refractivity contribution is 0.242. The van der Waals surface area contributed by atoms with Gasteiger partial charge in [0.2, 0.25) is 0 Å². The Morgan fingerprint density at radius 3 is 2.95 bits per heavy atom. The molecule has 0 amide bonds. The highest BCUT2D eigenvalue weighted by Gasteiger charge is 2.09.